The summed E-state index contributed by atoms with van der Waals surface area (Å²) in [7, 11) is 5.05. The van der Waals surface area contributed by atoms with Crippen LogP contribution in [0.2, 0.25) is 0 Å². The molecule has 1 aliphatic carbocycles. The van der Waals surface area contributed by atoms with Crippen molar-refractivity contribution < 1.29 is 14.3 Å². The first-order valence-electron chi connectivity index (χ1n) is 8.20. The van der Waals surface area contributed by atoms with E-state index >= 15 is 0 Å². The lowest BCUT2D eigenvalue weighted by molar-refractivity contribution is 0.0785. The number of benzene rings is 2. The Morgan fingerprint density at radius 2 is 1.75 bits per heavy atom. The van der Waals surface area contributed by atoms with E-state index in [0.29, 0.717) is 18.0 Å². The van der Waals surface area contributed by atoms with Crippen LogP contribution in [0.4, 0.5) is 0 Å². The molecule has 0 atom stereocenters. The molecule has 2 aromatic carbocycles. The fraction of sp³-hybridized carbons (Fsp3) is 0.350. The number of aryl methyl sites for hydroxylation is 2. The molecular formula is C20H23NO3. The van der Waals surface area contributed by atoms with E-state index < -0.39 is 0 Å². The zero-order chi connectivity index (χ0) is 17.1. The van der Waals surface area contributed by atoms with Crippen molar-refractivity contribution in [3.63, 3.8) is 0 Å². The van der Waals surface area contributed by atoms with Gasteiger partial charge in [0.05, 0.1) is 14.2 Å². The number of carbonyl (C=O) groups excluding carboxylic acids is 1. The second kappa shape index (κ2) is 6.95. The molecule has 126 valence electrons. The van der Waals surface area contributed by atoms with Crippen LogP contribution in [-0.2, 0) is 19.4 Å². The summed E-state index contributed by atoms with van der Waals surface area (Å²) in [6.07, 6.45) is 3.40. The van der Waals surface area contributed by atoms with Gasteiger partial charge in [0.2, 0.25) is 0 Å². The molecule has 1 aliphatic rings. The minimum absolute atomic E-state index is 0.0412. The second-order valence-electron chi connectivity index (χ2n) is 6.19. The Labute approximate surface area is 143 Å². The molecule has 1 amide bonds. The van der Waals surface area contributed by atoms with E-state index in [-0.39, 0.29) is 5.91 Å². The van der Waals surface area contributed by atoms with Crippen molar-refractivity contribution in [3.8, 4) is 11.5 Å². The lowest BCUT2D eigenvalue weighted by Crippen LogP contribution is -2.26. The maximum atomic E-state index is 12.7. The molecule has 0 fully saturated rings. The average Bonchev–Trinajstić information content (AvgIpc) is 3.08. The first kappa shape index (κ1) is 16.4. The highest BCUT2D eigenvalue weighted by Gasteiger charge is 2.17. The molecule has 0 spiro atoms. The number of ether oxygens (including phenoxy) is 2. The monoisotopic (exact) mass is 325 g/mol. The van der Waals surface area contributed by atoms with Crippen LogP contribution < -0.4 is 9.47 Å². The van der Waals surface area contributed by atoms with Gasteiger partial charge in [-0.25, -0.2) is 0 Å². The normalized spacial score (nSPS) is 12.6. The van der Waals surface area contributed by atoms with Crippen LogP contribution in [-0.4, -0.2) is 32.1 Å². The van der Waals surface area contributed by atoms with Gasteiger partial charge >= 0.3 is 0 Å². The molecule has 0 heterocycles. The number of rotatable bonds is 5. The lowest BCUT2D eigenvalue weighted by atomic mass is 10.1. The molecule has 0 saturated carbocycles. The Morgan fingerprint density at radius 1 is 1.00 bits per heavy atom. The predicted molar refractivity (Wildman–Crippen MR) is 93.8 cm³/mol. The highest BCUT2D eigenvalue weighted by molar-refractivity contribution is 5.94. The van der Waals surface area contributed by atoms with E-state index in [0.717, 1.165) is 24.0 Å². The van der Waals surface area contributed by atoms with Crippen molar-refractivity contribution in [1.82, 2.24) is 4.90 Å². The molecule has 3 rings (SSSR count). The van der Waals surface area contributed by atoms with E-state index in [2.05, 4.69) is 12.1 Å². The number of methoxy groups -OCH3 is 2. The van der Waals surface area contributed by atoms with Gasteiger partial charge in [0, 0.05) is 19.2 Å². The van der Waals surface area contributed by atoms with Crippen molar-refractivity contribution in [2.75, 3.05) is 21.3 Å². The van der Waals surface area contributed by atoms with Crippen LogP contribution in [0.15, 0.2) is 36.4 Å². The van der Waals surface area contributed by atoms with Gasteiger partial charge in [-0.2, -0.15) is 0 Å². The summed E-state index contributed by atoms with van der Waals surface area (Å²) in [5.41, 5.74) is 4.47. The van der Waals surface area contributed by atoms with Crippen molar-refractivity contribution in [3.05, 3.63) is 58.7 Å². The van der Waals surface area contributed by atoms with Crippen molar-refractivity contribution in [2.24, 2.45) is 0 Å². The summed E-state index contributed by atoms with van der Waals surface area (Å²) in [5.74, 6) is 1.40. The minimum Gasteiger partial charge on any atom is -0.493 e. The highest BCUT2D eigenvalue weighted by Crippen LogP contribution is 2.28. The Morgan fingerprint density at radius 3 is 2.50 bits per heavy atom. The SMILES string of the molecule is COc1ccc(CN(C)C(=O)c2ccc3c(c2)CCC3)cc1OC. The average molecular weight is 325 g/mol. The number of hydrogen-bond acceptors (Lipinski definition) is 3. The van der Waals surface area contributed by atoms with Crippen LogP contribution in [0, 0.1) is 0 Å². The molecule has 0 radical (unpaired) electrons. The van der Waals surface area contributed by atoms with E-state index in [4.69, 9.17) is 9.47 Å². The molecule has 4 heteroatoms. The van der Waals surface area contributed by atoms with Gasteiger partial charge in [-0.05, 0) is 60.2 Å². The third kappa shape index (κ3) is 3.23. The third-order valence-electron chi connectivity index (χ3n) is 4.56. The van der Waals surface area contributed by atoms with Gasteiger partial charge in [0.25, 0.3) is 5.91 Å². The Balaban J connectivity index is 1.74. The molecule has 4 nitrogen and oxygen atoms in total. The van der Waals surface area contributed by atoms with Gasteiger partial charge in [-0.3, -0.25) is 4.79 Å². The summed E-state index contributed by atoms with van der Waals surface area (Å²) in [6, 6.07) is 11.8. The van der Waals surface area contributed by atoms with Crippen LogP contribution in [0.25, 0.3) is 0 Å². The quantitative estimate of drug-likeness (QED) is 0.845. The Kier molecular flexibility index (Phi) is 4.74. The standard InChI is InChI=1S/C20H23NO3/c1-21(13-14-7-10-18(23-2)19(11-14)24-3)20(22)17-9-8-15-5-4-6-16(15)12-17/h7-12H,4-6,13H2,1-3H3. The Bertz CT molecular complexity index is 755. The topological polar surface area (TPSA) is 38.8 Å². The van der Waals surface area contributed by atoms with Crippen molar-refractivity contribution in [1.29, 1.82) is 0 Å². The van der Waals surface area contributed by atoms with Crippen LogP contribution in [0.1, 0.15) is 33.5 Å². The number of amides is 1. The summed E-state index contributed by atoms with van der Waals surface area (Å²) in [4.78, 5) is 14.4. The van der Waals surface area contributed by atoms with E-state index in [9.17, 15) is 4.79 Å². The van der Waals surface area contributed by atoms with E-state index in [1.807, 2.05) is 31.3 Å². The molecule has 0 aromatic heterocycles. The smallest absolute Gasteiger partial charge is 0.253 e. The van der Waals surface area contributed by atoms with Gasteiger partial charge in [0.15, 0.2) is 11.5 Å². The maximum absolute atomic E-state index is 12.7. The third-order valence-corrected chi connectivity index (χ3v) is 4.56. The number of hydrogen-bond donors (Lipinski definition) is 0. The fourth-order valence-electron chi connectivity index (χ4n) is 3.25. The van der Waals surface area contributed by atoms with Crippen molar-refractivity contribution >= 4 is 5.91 Å². The molecule has 2 aromatic rings. The molecule has 0 N–H and O–H groups in total. The molecule has 0 bridgehead atoms. The van der Waals surface area contributed by atoms with Gasteiger partial charge < -0.3 is 14.4 Å². The fourth-order valence-corrected chi connectivity index (χ4v) is 3.25. The zero-order valence-electron chi connectivity index (χ0n) is 14.5. The number of fused-ring (bicyclic) bond motifs is 1. The predicted octanol–water partition coefficient (Wildman–Crippen LogP) is 3.46. The number of carbonyl (C=O) groups is 1. The maximum Gasteiger partial charge on any atom is 0.253 e. The summed E-state index contributed by atoms with van der Waals surface area (Å²) in [5, 5.41) is 0. The zero-order valence-corrected chi connectivity index (χ0v) is 14.5. The van der Waals surface area contributed by atoms with Gasteiger partial charge in [0.1, 0.15) is 0 Å². The molecule has 0 unspecified atom stereocenters. The molecule has 24 heavy (non-hydrogen) atoms. The van der Waals surface area contributed by atoms with E-state index in [1.165, 1.54) is 17.5 Å². The first-order chi connectivity index (χ1) is 11.6. The van der Waals surface area contributed by atoms with Gasteiger partial charge in [-0.1, -0.05) is 12.1 Å². The summed E-state index contributed by atoms with van der Waals surface area (Å²) >= 11 is 0. The molecule has 0 saturated heterocycles. The van der Waals surface area contributed by atoms with Crippen LogP contribution in [0.5, 0.6) is 11.5 Å². The second-order valence-corrected chi connectivity index (χ2v) is 6.19. The molecular weight excluding hydrogens is 302 g/mol. The lowest BCUT2D eigenvalue weighted by Gasteiger charge is -2.19. The highest BCUT2D eigenvalue weighted by atomic mass is 16.5. The Hall–Kier alpha value is -2.49. The molecule has 0 aliphatic heterocycles. The first-order valence-corrected chi connectivity index (χ1v) is 8.20. The minimum atomic E-state index is 0.0412. The largest absolute Gasteiger partial charge is 0.493 e. The summed E-state index contributed by atoms with van der Waals surface area (Å²) < 4.78 is 10.6. The summed E-state index contributed by atoms with van der Waals surface area (Å²) in [6.45, 7) is 0.524. The van der Waals surface area contributed by atoms with Gasteiger partial charge in [-0.15, -0.1) is 0 Å². The van der Waals surface area contributed by atoms with E-state index in [1.54, 1.807) is 19.1 Å². The van der Waals surface area contributed by atoms with Crippen molar-refractivity contribution in [2.45, 2.75) is 25.8 Å². The van der Waals surface area contributed by atoms with Crippen LogP contribution in [0.3, 0.4) is 0 Å². The number of nitrogens with zero attached hydrogens (tertiary/aromatic N) is 1. The van der Waals surface area contributed by atoms with Crippen LogP contribution >= 0.6 is 0 Å².